The number of rotatable bonds is 5. The van der Waals surface area contributed by atoms with Crippen LogP contribution in [0.4, 0.5) is 5.82 Å². The summed E-state index contributed by atoms with van der Waals surface area (Å²) < 4.78 is 2.00. The molecule has 0 saturated heterocycles. The van der Waals surface area contributed by atoms with Crippen LogP contribution in [0.2, 0.25) is 5.02 Å². The van der Waals surface area contributed by atoms with Crippen LogP contribution in [0.15, 0.2) is 30.3 Å². The lowest BCUT2D eigenvalue weighted by molar-refractivity contribution is -0.116. The quantitative estimate of drug-likeness (QED) is 0.874. The molecule has 1 aliphatic carbocycles. The Morgan fingerprint density at radius 1 is 1.30 bits per heavy atom. The van der Waals surface area contributed by atoms with Gasteiger partial charge in [-0.2, -0.15) is 5.10 Å². The molecule has 1 aromatic carbocycles. The fourth-order valence-electron chi connectivity index (χ4n) is 3.15. The predicted molar refractivity (Wildman–Crippen MR) is 92.9 cm³/mol. The summed E-state index contributed by atoms with van der Waals surface area (Å²) >= 11 is 5.87. The molecule has 1 amide bonds. The molecule has 2 aromatic rings. The maximum absolute atomic E-state index is 12.3. The highest BCUT2D eigenvalue weighted by Crippen LogP contribution is 2.31. The Morgan fingerprint density at radius 2 is 2.00 bits per heavy atom. The lowest BCUT2D eigenvalue weighted by Gasteiger charge is -2.14. The minimum absolute atomic E-state index is 0.0269. The lowest BCUT2D eigenvalue weighted by atomic mass is 10.1. The van der Waals surface area contributed by atoms with E-state index in [-0.39, 0.29) is 5.91 Å². The van der Waals surface area contributed by atoms with Crippen molar-refractivity contribution >= 4 is 23.3 Å². The van der Waals surface area contributed by atoms with Crippen LogP contribution in [0.25, 0.3) is 0 Å². The topological polar surface area (TPSA) is 46.9 Å². The number of anilines is 1. The van der Waals surface area contributed by atoms with E-state index in [1.807, 2.05) is 41.9 Å². The van der Waals surface area contributed by atoms with Gasteiger partial charge in [0.2, 0.25) is 5.91 Å². The SMILES string of the molecule is Cc1cc(NC(=O)CCc2ccc(Cl)cc2)n(C2CCCC2)n1. The molecule has 1 aliphatic rings. The molecule has 1 N–H and O–H groups in total. The molecule has 4 nitrogen and oxygen atoms in total. The van der Waals surface area contributed by atoms with Gasteiger partial charge in [0.15, 0.2) is 0 Å². The second-order valence-corrected chi connectivity index (χ2v) is 6.66. The number of amides is 1. The maximum atomic E-state index is 12.3. The molecule has 0 atom stereocenters. The molecule has 0 unspecified atom stereocenters. The molecule has 122 valence electrons. The zero-order valence-electron chi connectivity index (χ0n) is 13.4. The first-order valence-corrected chi connectivity index (χ1v) is 8.60. The fraction of sp³-hybridized carbons (Fsp3) is 0.444. The van der Waals surface area contributed by atoms with E-state index in [4.69, 9.17) is 11.6 Å². The van der Waals surface area contributed by atoms with Crippen LogP contribution in [-0.2, 0) is 11.2 Å². The third-order valence-electron chi connectivity index (χ3n) is 4.35. The van der Waals surface area contributed by atoms with Crippen molar-refractivity contribution < 1.29 is 4.79 Å². The summed E-state index contributed by atoms with van der Waals surface area (Å²) in [5.41, 5.74) is 2.06. The van der Waals surface area contributed by atoms with Gasteiger partial charge in [-0.3, -0.25) is 4.79 Å². The van der Waals surface area contributed by atoms with Gasteiger partial charge in [0.1, 0.15) is 5.82 Å². The van der Waals surface area contributed by atoms with Crippen molar-refractivity contribution in [3.63, 3.8) is 0 Å². The minimum Gasteiger partial charge on any atom is -0.311 e. The molecule has 5 heteroatoms. The molecule has 1 saturated carbocycles. The number of nitrogens with one attached hydrogen (secondary N) is 1. The summed E-state index contributed by atoms with van der Waals surface area (Å²) in [6.45, 7) is 1.97. The Morgan fingerprint density at radius 3 is 2.70 bits per heavy atom. The number of benzene rings is 1. The fourth-order valence-corrected chi connectivity index (χ4v) is 3.28. The monoisotopic (exact) mass is 331 g/mol. The minimum atomic E-state index is 0.0269. The van der Waals surface area contributed by atoms with Gasteiger partial charge in [-0.1, -0.05) is 36.6 Å². The van der Waals surface area contributed by atoms with Gasteiger partial charge in [0.25, 0.3) is 0 Å². The zero-order valence-corrected chi connectivity index (χ0v) is 14.1. The Labute approximate surface area is 141 Å². The predicted octanol–water partition coefficient (Wildman–Crippen LogP) is 4.53. The third-order valence-corrected chi connectivity index (χ3v) is 4.60. The number of aryl methyl sites for hydroxylation is 2. The third kappa shape index (κ3) is 4.14. The molecular formula is C18H22ClN3O. The normalized spacial score (nSPS) is 15.0. The molecule has 0 spiro atoms. The summed E-state index contributed by atoms with van der Waals surface area (Å²) in [6.07, 6.45) is 5.95. The van der Waals surface area contributed by atoms with Crippen LogP contribution in [0.3, 0.4) is 0 Å². The van der Waals surface area contributed by atoms with Crippen LogP contribution in [0.5, 0.6) is 0 Å². The summed E-state index contributed by atoms with van der Waals surface area (Å²) in [5, 5.41) is 8.30. The van der Waals surface area contributed by atoms with Crippen LogP contribution in [-0.4, -0.2) is 15.7 Å². The van der Waals surface area contributed by atoms with Gasteiger partial charge in [-0.15, -0.1) is 0 Å². The Balaban J connectivity index is 1.60. The molecule has 1 fully saturated rings. The van der Waals surface area contributed by atoms with Gasteiger partial charge in [-0.05, 0) is 43.9 Å². The summed E-state index contributed by atoms with van der Waals surface area (Å²) in [6, 6.07) is 10.0. The highest BCUT2D eigenvalue weighted by molar-refractivity contribution is 6.30. The Bertz CT molecular complexity index is 672. The van der Waals surface area contributed by atoms with Crippen LogP contribution in [0, 0.1) is 6.92 Å². The van der Waals surface area contributed by atoms with Crippen LogP contribution < -0.4 is 5.32 Å². The van der Waals surface area contributed by atoms with Crippen molar-refractivity contribution in [1.82, 2.24) is 9.78 Å². The van der Waals surface area contributed by atoms with Crippen LogP contribution in [0.1, 0.15) is 49.4 Å². The van der Waals surface area contributed by atoms with Crippen molar-refractivity contribution in [2.45, 2.75) is 51.5 Å². The Kier molecular flexibility index (Phi) is 5.01. The Hall–Kier alpha value is -1.81. The first-order valence-electron chi connectivity index (χ1n) is 8.22. The largest absolute Gasteiger partial charge is 0.311 e. The molecule has 0 radical (unpaired) electrons. The number of hydrogen-bond acceptors (Lipinski definition) is 2. The average Bonchev–Trinajstić information content (AvgIpc) is 3.16. The molecule has 1 heterocycles. The number of carbonyl (C=O) groups excluding carboxylic acids is 1. The first-order chi connectivity index (χ1) is 11.1. The molecule has 23 heavy (non-hydrogen) atoms. The van der Waals surface area contributed by atoms with E-state index >= 15 is 0 Å². The number of nitrogens with zero attached hydrogens (tertiary/aromatic N) is 2. The van der Waals surface area contributed by atoms with Gasteiger partial charge in [0.05, 0.1) is 11.7 Å². The van der Waals surface area contributed by atoms with Crippen LogP contribution >= 0.6 is 11.6 Å². The van der Waals surface area contributed by atoms with Gasteiger partial charge in [0, 0.05) is 17.5 Å². The summed E-state index contributed by atoms with van der Waals surface area (Å²) in [7, 11) is 0. The molecular weight excluding hydrogens is 310 g/mol. The highest BCUT2D eigenvalue weighted by atomic mass is 35.5. The second kappa shape index (κ2) is 7.18. The highest BCUT2D eigenvalue weighted by Gasteiger charge is 2.21. The summed E-state index contributed by atoms with van der Waals surface area (Å²) in [4.78, 5) is 12.3. The smallest absolute Gasteiger partial charge is 0.225 e. The summed E-state index contributed by atoms with van der Waals surface area (Å²) in [5.74, 6) is 0.856. The van der Waals surface area contributed by atoms with Crippen molar-refractivity contribution in [1.29, 1.82) is 0 Å². The van der Waals surface area contributed by atoms with E-state index < -0.39 is 0 Å². The molecule has 3 rings (SSSR count). The van der Waals surface area contributed by atoms with Crippen molar-refractivity contribution in [2.75, 3.05) is 5.32 Å². The van der Waals surface area contributed by atoms with Crippen molar-refractivity contribution in [3.05, 3.63) is 46.6 Å². The van der Waals surface area contributed by atoms with E-state index in [9.17, 15) is 4.79 Å². The zero-order chi connectivity index (χ0) is 16.2. The molecule has 0 aliphatic heterocycles. The van der Waals surface area contributed by atoms with E-state index in [1.165, 1.54) is 12.8 Å². The van der Waals surface area contributed by atoms with E-state index in [0.717, 1.165) is 29.9 Å². The van der Waals surface area contributed by atoms with Crippen molar-refractivity contribution in [3.8, 4) is 0 Å². The van der Waals surface area contributed by atoms with E-state index in [1.54, 1.807) is 0 Å². The molecule has 0 bridgehead atoms. The van der Waals surface area contributed by atoms with Gasteiger partial charge in [-0.25, -0.2) is 4.68 Å². The number of aromatic nitrogens is 2. The van der Waals surface area contributed by atoms with Crippen molar-refractivity contribution in [2.24, 2.45) is 0 Å². The van der Waals surface area contributed by atoms with Gasteiger partial charge < -0.3 is 5.32 Å². The second-order valence-electron chi connectivity index (χ2n) is 6.23. The van der Waals surface area contributed by atoms with Gasteiger partial charge >= 0.3 is 0 Å². The number of hydrogen-bond donors (Lipinski definition) is 1. The first kappa shape index (κ1) is 16.1. The maximum Gasteiger partial charge on any atom is 0.225 e. The van der Waals surface area contributed by atoms with E-state index in [0.29, 0.717) is 23.9 Å². The molecule has 1 aromatic heterocycles. The number of halogens is 1. The lowest BCUT2D eigenvalue weighted by Crippen LogP contribution is -2.18. The average molecular weight is 332 g/mol. The number of carbonyl (C=O) groups is 1. The van der Waals surface area contributed by atoms with E-state index in [2.05, 4.69) is 10.4 Å². The standard InChI is InChI=1S/C18H22ClN3O/c1-13-12-17(22(21-13)16-4-2-3-5-16)20-18(23)11-8-14-6-9-15(19)10-7-14/h6-7,9-10,12,16H,2-5,8,11H2,1H3,(H,20,23).